The highest BCUT2D eigenvalue weighted by molar-refractivity contribution is 5.99. The number of nitrogens with one attached hydrogen (secondary N) is 2. The maximum absolute atomic E-state index is 13.4. The molecule has 1 aliphatic carbocycles. The molecule has 36 heavy (non-hydrogen) atoms. The second-order valence-electron chi connectivity index (χ2n) is 9.32. The number of benzene rings is 3. The van der Waals surface area contributed by atoms with E-state index in [1.807, 2.05) is 42.5 Å². The van der Waals surface area contributed by atoms with Crippen LogP contribution >= 0.6 is 0 Å². The van der Waals surface area contributed by atoms with Crippen LogP contribution < -0.4 is 10.6 Å². The van der Waals surface area contributed by atoms with Gasteiger partial charge in [-0.15, -0.1) is 0 Å². The molecule has 3 aromatic carbocycles. The molecule has 0 radical (unpaired) electrons. The van der Waals surface area contributed by atoms with Gasteiger partial charge in [0.2, 0.25) is 5.91 Å². The molecular weight excluding hydrogens is 456 g/mol. The number of Topliss-reactive ketones (excluding diaryl/α,β-unsaturated/α-hetero) is 1. The van der Waals surface area contributed by atoms with Crippen LogP contribution in [0, 0.1) is 0 Å². The number of ether oxygens (including phenoxy) is 1. The zero-order valence-corrected chi connectivity index (χ0v) is 19.8. The third-order valence-corrected chi connectivity index (χ3v) is 7.02. The fraction of sp³-hybridized carbons (Fsp3) is 0.276. The van der Waals surface area contributed by atoms with Crippen LogP contribution in [0.25, 0.3) is 11.1 Å². The lowest BCUT2D eigenvalue weighted by atomic mass is 9.87. The summed E-state index contributed by atoms with van der Waals surface area (Å²) < 4.78 is 6.05. The lowest BCUT2D eigenvalue weighted by molar-refractivity contribution is -0.131. The molecular formula is C29H28N2O5. The van der Waals surface area contributed by atoms with Crippen LogP contribution in [0.1, 0.15) is 47.7 Å². The monoisotopic (exact) mass is 484 g/mol. The van der Waals surface area contributed by atoms with Gasteiger partial charge in [-0.25, -0.2) is 0 Å². The average Bonchev–Trinajstić information content (AvgIpc) is 3.41. The predicted octanol–water partition coefficient (Wildman–Crippen LogP) is 3.93. The summed E-state index contributed by atoms with van der Waals surface area (Å²) in [5.74, 6) is -0.606. The summed E-state index contributed by atoms with van der Waals surface area (Å²) >= 11 is 0. The minimum atomic E-state index is -1.04. The van der Waals surface area contributed by atoms with Gasteiger partial charge in [-0.3, -0.25) is 14.4 Å². The van der Waals surface area contributed by atoms with Gasteiger partial charge in [0.05, 0.1) is 6.10 Å². The summed E-state index contributed by atoms with van der Waals surface area (Å²) in [4.78, 5) is 38.7. The molecule has 3 unspecified atom stereocenters. The zero-order chi connectivity index (χ0) is 25.1. The second-order valence-corrected chi connectivity index (χ2v) is 9.32. The molecule has 2 aliphatic rings. The maximum Gasteiger partial charge on any atom is 0.251 e. The Morgan fingerprint density at radius 1 is 0.944 bits per heavy atom. The molecule has 2 amide bonds. The van der Waals surface area contributed by atoms with Crippen molar-refractivity contribution in [3.05, 3.63) is 90.0 Å². The first-order chi connectivity index (χ1) is 17.5. The quantitative estimate of drug-likeness (QED) is 0.471. The van der Waals surface area contributed by atoms with Gasteiger partial charge in [-0.05, 0) is 60.2 Å². The second kappa shape index (κ2) is 9.95. The van der Waals surface area contributed by atoms with E-state index in [1.54, 1.807) is 24.3 Å². The third-order valence-electron chi connectivity index (χ3n) is 7.02. The smallest absolute Gasteiger partial charge is 0.251 e. The molecule has 3 N–H and O–H groups in total. The molecule has 3 aromatic rings. The summed E-state index contributed by atoms with van der Waals surface area (Å²) in [6.07, 6.45) is 0.904. The molecule has 1 heterocycles. The molecule has 5 rings (SSSR count). The number of aromatic hydroxyl groups is 1. The van der Waals surface area contributed by atoms with E-state index in [1.165, 1.54) is 12.1 Å². The van der Waals surface area contributed by atoms with Crippen molar-refractivity contribution in [1.82, 2.24) is 10.6 Å². The topological polar surface area (TPSA) is 105 Å². The number of ketones is 1. The predicted molar refractivity (Wildman–Crippen MR) is 134 cm³/mol. The average molecular weight is 485 g/mol. The Hall–Kier alpha value is -3.97. The number of rotatable bonds is 7. The zero-order valence-electron chi connectivity index (χ0n) is 19.8. The van der Waals surface area contributed by atoms with E-state index in [4.69, 9.17) is 4.74 Å². The van der Waals surface area contributed by atoms with Crippen LogP contribution in [-0.2, 0) is 14.3 Å². The molecule has 1 saturated carbocycles. The normalized spacial score (nSPS) is 22.7. The van der Waals surface area contributed by atoms with Crippen molar-refractivity contribution in [2.45, 2.75) is 43.4 Å². The molecule has 1 saturated heterocycles. The Bertz CT molecular complexity index is 1260. The maximum atomic E-state index is 13.4. The van der Waals surface area contributed by atoms with E-state index in [0.717, 1.165) is 17.5 Å². The SMILES string of the molecule is O=C(CCNC(=O)c1ccc(-c2ccccc2)cc1)NC12CCCC1OC(c1ccc(O)cc1)C2=O. The Morgan fingerprint density at radius 2 is 1.64 bits per heavy atom. The number of hydrogen-bond donors (Lipinski definition) is 3. The molecule has 3 atom stereocenters. The van der Waals surface area contributed by atoms with Gasteiger partial charge >= 0.3 is 0 Å². The van der Waals surface area contributed by atoms with Crippen molar-refractivity contribution in [3.8, 4) is 16.9 Å². The van der Waals surface area contributed by atoms with E-state index in [9.17, 15) is 19.5 Å². The van der Waals surface area contributed by atoms with E-state index in [2.05, 4.69) is 10.6 Å². The summed E-state index contributed by atoms with van der Waals surface area (Å²) in [5.41, 5.74) is 2.22. The number of hydrogen-bond acceptors (Lipinski definition) is 5. The highest BCUT2D eigenvalue weighted by atomic mass is 16.5. The number of phenolic OH excluding ortho intramolecular Hbond substituents is 1. The molecule has 1 aliphatic heterocycles. The fourth-order valence-electron chi connectivity index (χ4n) is 5.13. The van der Waals surface area contributed by atoms with Crippen LogP contribution in [0.3, 0.4) is 0 Å². The van der Waals surface area contributed by atoms with Crippen LogP contribution in [0.4, 0.5) is 0 Å². The van der Waals surface area contributed by atoms with Crippen LogP contribution in [0.15, 0.2) is 78.9 Å². The Kier molecular flexibility index (Phi) is 6.57. The lowest BCUT2D eigenvalue weighted by Gasteiger charge is -2.27. The molecule has 184 valence electrons. The first-order valence-electron chi connectivity index (χ1n) is 12.2. The summed E-state index contributed by atoms with van der Waals surface area (Å²) in [6.45, 7) is 0.155. The molecule has 0 aromatic heterocycles. The summed E-state index contributed by atoms with van der Waals surface area (Å²) in [6, 6.07) is 23.6. The van der Waals surface area contributed by atoms with Crippen molar-refractivity contribution < 1.29 is 24.2 Å². The summed E-state index contributed by atoms with van der Waals surface area (Å²) in [7, 11) is 0. The minimum Gasteiger partial charge on any atom is -0.508 e. The highest BCUT2D eigenvalue weighted by Crippen LogP contribution is 2.45. The molecule has 7 nitrogen and oxygen atoms in total. The molecule has 7 heteroatoms. The highest BCUT2D eigenvalue weighted by Gasteiger charge is 2.59. The van der Waals surface area contributed by atoms with Gasteiger partial charge in [0.25, 0.3) is 5.91 Å². The van der Waals surface area contributed by atoms with E-state index in [-0.39, 0.29) is 42.4 Å². The van der Waals surface area contributed by atoms with Crippen molar-refractivity contribution >= 4 is 17.6 Å². The number of fused-ring (bicyclic) bond motifs is 1. The number of carbonyl (C=O) groups excluding carboxylic acids is 3. The Labute approximate surface area is 209 Å². The third kappa shape index (κ3) is 4.62. The fourth-order valence-corrected chi connectivity index (χ4v) is 5.13. The number of amides is 2. The first-order valence-corrected chi connectivity index (χ1v) is 12.2. The largest absolute Gasteiger partial charge is 0.508 e. The van der Waals surface area contributed by atoms with E-state index < -0.39 is 11.6 Å². The van der Waals surface area contributed by atoms with Crippen molar-refractivity contribution in [2.75, 3.05) is 6.54 Å². The molecule has 0 bridgehead atoms. The van der Waals surface area contributed by atoms with Crippen molar-refractivity contribution in [1.29, 1.82) is 0 Å². The number of phenols is 1. The van der Waals surface area contributed by atoms with Gasteiger partial charge in [0.1, 0.15) is 17.4 Å². The van der Waals surface area contributed by atoms with Crippen LogP contribution in [0.5, 0.6) is 5.75 Å². The van der Waals surface area contributed by atoms with Gasteiger partial charge in [0, 0.05) is 18.5 Å². The molecule has 0 spiro atoms. The van der Waals surface area contributed by atoms with Crippen molar-refractivity contribution in [3.63, 3.8) is 0 Å². The standard InChI is InChI=1S/C29H28N2O5/c32-23-14-12-21(13-15-23)26-27(34)29(17-4-7-24(29)36-26)31-25(33)16-18-30-28(35)22-10-8-20(9-11-22)19-5-2-1-3-6-19/h1-3,5-6,8-15,24,26,32H,4,7,16-18H2,(H,30,35)(H,31,33). The lowest BCUT2D eigenvalue weighted by Crippen LogP contribution is -2.56. The van der Waals surface area contributed by atoms with Gasteiger partial charge < -0.3 is 20.5 Å². The van der Waals surface area contributed by atoms with Crippen LogP contribution in [0.2, 0.25) is 0 Å². The van der Waals surface area contributed by atoms with Crippen LogP contribution in [-0.4, -0.2) is 40.9 Å². The van der Waals surface area contributed by atoms with E-state index in [0.29, 0.717) is 24.0 Å². The van der Waals surface area contributed by atoms with Gasteiger partial charge in [-0.2, -0.15) is 0 Å². The minimum absolute atomic E-state index is 0.0550. The van der Waals surface area contributed by atoms with Gasteiger partial charge in [-0.1, -0.05) is 54.6 Å². The Balaban J connectivity index is 1.16. The first kappa shape index (κ1) is 23.8. The Morgan fingerprint density at radius 3 is 2.36 bits per heavy atom. The van der Waals surface area contributed by atoms with E-state index >= 15 is 0 Å². The summed E-state index contributed by atoms with van der Waals surface area (Å²) in [5, 5.41) is 15.3. The molecule has 2 fully saturated rings. The number of carbonyl (C=O) groups is 3. The van der Waals surface area contributed by atoms with Gasteiger partial charge in [0.15, 0.2) is 5.78 Å². The van der Waals surface area contributed by atoms with Crippen molar-refractivity contribution in [2.24, 2.45) is 0 Å².